The van der Waals surface area contributed by atoms with Crippen molar-refractivity contribution < 1.29 is 18.3 Å². The Hall–Kier alpha value is -2.26. The van der Waals surface area contributed by atoms with E-state index in [2.05, 4.69) is 4.98 Å². The predicted molar refractivity (Wildman–Crippen MR) is 89.8 cm³/mol. The zero-order chi connectivity index (χ0) is 18.1. The number of hydrogen-bond acceptors (Lipinski definition) is 6. The number of ketones is 1. The van der Waals surface area contributed by atoms with E-state index >= 15 is 0 Å². The molecule has 2 aromatic heterocycles. The number of sulfonamides is 1. The molecule has 0 atom stereocenters. The Morgan fingerprint density at radius 3 is 2.62 bits per heavy atom. The van der Waals surface area contributed by atoms with Crippen LogP contribution < -0.4 is 5.56 Å². The van der Waals surface area contributed by atoms with Gasteiger partial charge in [0.2, 0.25) is 10.0 Å². The summed E-state index contributed by atoms with van der Waals surface area (Å²) in [5.74, 6) is -1.29. The van der Waals surface area contributed by atoms with Gasteiger partial charge >= 0.3 is 0 Å². The van der Waals surface area contributed by atoms with Crippen molar-refractivity contribution in [2.45, 2.75) is 19.9 Å². The zero-order valence-corrected chi connectivity index (χ0v) is 14.5. The van der Waals surface area contributed by atoms with E-state index in [1.807, 2.05) is 0 Å². The van der Waals surface area contributed by atoms with Crippen LogP contribution in [0.4, 0.5) is 0 Å². The number of Topliss-reactive ketones (excluding diaryl/α,β-unsaturated/α-hetero) is 1. The molecule has 0 unspecified atom stereocenters. The second-order valence-corrected chi connectivity index (χ2v) is 7.73. The molecule has 130 valence electrons. The maximum atomic E-state index is 12.6. The van der Waals surface area contributed by atoms with Crippen LogP contribution in [0.25, 0.3) is 11.0 Å². The van der Waals surface area contributed by atoms with E-state index in [1.165, 1.54) is 24.9 Å². The second-order valence-electron chi connectivity index (χ2n) is 5.43. The van der Waals surface area contributed by atoms with Crippen molar-refractivity contribution in [3.05, 3.63) is 34.2 Å². The molecule has 0 fully saturated rings. The Morgan fingerprint density at radius 2 is 2.04 bits per heavy atom. The van der Waals surface area contributed by atoms with Gasteiger partial charge < -0.3 is 9.67 Å². The van der Waals surface area contributed by atoms with Crippen molar-refractivity contribution in [2.75, 3.05) is 19.8 Å². The van der Waals surface area contributed by atoms with Crippen molar-refractivity contribution in [3.63, 3.8) is 0 Å². The quantitative estimate of drug-likeness (QED) is 0.761. The molecular formula is C15H19N3O5S. The normalized spacial score (nSPS) is 12.0. The van der Waals surface area contributed by atoms with Crippen LogP contribution in [0.3, 0.4) is 0 Å². The van der Waals surface area contributed by atoms with Gasteiger partial charge in [0.25, 0.3) is 5.56 Å². The van der Waals surface area contributed by atoms with Crippen LogP contribution in [0.15, 0.2) is 23.1 Å². The Kier molecular flexibility index (Phi) is 5.05. The number of hydrogen-bond donors (Lipinski definition) is 1. The molecule has 1 N–H and O–H groups in total. The van der Waals surface area contributed by atoms with Crippen molar-refractivity contribution in [1.82, 2.24) is 13.9 Å². The molecule has 0 aliphatic rings. The number of aryl methyl sites for hydroxylation is 1. The summed E-state index contributed by atoms with van der Waals surface area (Å²) in [6, 6.07) is 3.12. The Labute approximate surface area is 139 Å². The lowest BCUT2D eigenvalue weighted by atomic mass is 10.1. The number of aromatic hydroxyl groups is 1. The number of aromatic nitrogens is 2. The van der Waals surface area contributed by atoms with Crippen LogP contribution in [-0.4, -0.2) is 53.0 Å². The molecule has 0 saturated carbocycles. The molecular weight excluding hydrogens is 334 g/mol. The number of rotatable bonds is 6. The van der Waals surface area contributed by atoms with Crippen LogP contribution in [0, 0.1) is 0 Å². The fourth-order valence-electron chi connectivity index (χ4n) is 2.30. The van der Waals surface area contributed by atoms with E-state index in [9.17, 15) is 23.1 Å². The summed E-state index contributed by atoms with van der Waals surface area (Å²) in [6.07, 6.45) is 1.46. The van der Waals surface area contributed by atoms with Crippen LogP contribution >= 0.6 is 0 Å². The summed E-state index contributed by atoms with van der Waals surface area (Å²) in [5.41, 5.74) is -0.697. The third-order valence-electron chi connectivity index (χ3n) is 3.73. The van der Waals surface area contributed by atoms with Crippen LogP contribution in [0.2, 0.25) is 0 Å². The number of nitrogens with zero attached hydrogens (tertiary/aromatic N) is 3. The van der Waals surface area contributed by atoms with E-state index in [0.29, 0.717) is 0 Å². The van der Waals surface area contributed by atoms with Crippen LogP contribution in [0.1, 0.15) is 23.7 Å². The first kappa shape index (κ1) is 18.1. The van der Waals surface area contributed by atoms with E-state index in [0.717, 1.165) is 4.31 Å². The fourth-order valence-corrected chi connectivity index (χ4v) is 3.08. The van der Waals surface area contributed by atoms with Crippen LogP contribution in [-0.2, 0) is 16.6 Å². The van der Waals surface area contributed by atoms with Gasteiger partial charge in [-0.2, -0.15) is 0 Å². The van der Waals surface area contributed by atoms with Gasteiger partial charge in [0, 0.05) is 33.3 Å². The molecule has 0 radical (unpaired) electrons. The molecule has 0 bridgehead atoms. The molecule has 2 heterocycles. The largest absolute Gasteiger partial charge is 0.505 e. The standard InChI is InChI=1S/C15H19N3O5S/c1-4-11(19)12-14(20)13-10(6-5-7-16-13)18(15(12)21)8-9-24(22,23)17(2)3/h5-7,20H,4,8-9H2,1-3H3. The van der Waals surface area contributed by atoms with Crippen molar-refractivity contribution >= 4 is 26.8 Å². The number of carbonyl (C=O) groups is 1. The summed E-state index contributed by atoms with van der Waals surface area (Å²) in [7, 11) is -0.718. The van der Waals surface area contributed by atoms with Gasteiger partial charge in [-0.15, -0.1) is 0 Å². The SMILES string of the molecule is CCC(=O)c1c(O)c2ncccc2n(CCS(=O)(=O)N(C)C)c1=O. The molecule has 0 aliphatic carbocycles. The summed E-state index contributed by atoms with van der Waals surface area (Å²) in [5, 5.41) is 10.2. The molecule has 24 heavy (non-hydrogen) atoms. The summed E-state index contributed by atoms with van der Waals surface area (Å²) in [4.78, 5) is 28.7. The highest BCUT2D eigenvalue weighted by molar-refractivity contribution is 7.89. The highest BCUT2D eigenvalue weighted by Gasteiger charge is 2.23. The molecule has 2 rings (SSSR count). The molecule has 2 aromatic rings. The predicted octanol–water partition coefficient (Wildman–Crippen LogP) is 0.586. The van der Waals surface area contributed by atoms with Gasteiger partial charge in [0.1, 0.15) is 11.1 Å². The maximum Gasteiger partial charge on any atom is 0.265 e. The smallest absolute Gasteiger partial charge is 0.265 e. The lowest BCUT2D eigenvalue weighted by Gasteiger charge is -2.15. The molecule has 0 saturated heterocycles. The Morgan fingerprint density at radius 1 is 1.38 bits per heavy atom. The van der Waals surface area contributed by atoms with Crippen LogP contribution in [0.5, 0.6) is 5.75 Å². The second kappa shape index (κ2) is 6.70. The average molecular weight is 353 g/mol. The first-order valence-electron chi connectivity index (χ1n) is 7.34. The summed E-state index contributed by atoms with van der Waals surface area (Å²) < 4.78 is 26.2. The van der Waals surface area contributed by atoms with Crippen molar-refractivity contribution in [3.8, 4) is 5.75 Å². The molecule has 9 heteroatoms. The summed E-state index contributed by atoms with van der Waals surface area (Å²) >= 11 is 0. The number of carbonyl (C=O) groups excluding carboxylic acids is 1. The third kappa shape index (κ3) is 3.17. The highest BCUT2D eigenvalue weighted by Crippen LogP contribution is 2.25. The molecule has 0 aromatic carbocycles. The van der Waals surface area contributed by atoms with Crippen molar-refractivity contribution in [2.24, 2.45) is 0 Å². The van der Waals surface area contributed by atoms with Crippen molar-refractivity contribution in [1.29, 1.82) is 0 Å². The van der Waals surface area contributed by atoms with Gasteiger partial charge in [-0.25, -0.2) is 12.7 Å². The average Bonchev–Trinajstić information content (AvgIpc) is 2.54. The summed E-state index contributed by atoms with van der Waals surface area (Å²) in [6.45, 7) is 1.43. The molecule has 0 spiro atoms. The van der Waals surface area contributed by atoms with E-state index in [4.69, 9.17) is 0 Å². The monoisotopic (exact) mass is 353 g/mol. The minimum Gasteiger partial charge on any atom is -0.505 e. The lowest BCUT2D eigenvalue weighted by molar-refractivity contribution is 0.0983. The third-order valence-corrected chi connectivity index (χ3v) is 5.54. The fraction of sp³-hybridized carbons (Fsp3) is 0.400. The number of pyridine rings is 2. The number of fused-ring (bicyclic) bond motifs is 1. The first-order valence-corrected chi connectivity index (χ1v) is 8.95. The van der Waals surface area contributed by atoms with E-state index in [-0.39, 0.29) is 35.3 Å². The van der Waals surface area contributed by atoms with E-state index in [1.54, 1.807) is 19.1 Å². The van der Waals surface area contributed by atoms with E-state index < -0.39 is 27.1 Å². The molecule has 0 aliphatic heterocycles. The van der Waals surface area contributed by atoms with Gasteiger partial charge in [0.05, 0.1) is 11.3 Å². The topological polar surface area (TPSA) is 110 Å². The zero-order valence-electron chi connectivity index (χ0n) is 13.7. The Bertz CT molecular complexity index is 947. The Balaban J connectivity index is 2.69. The maximum absolute atomic E-state index is 12.6. The molecule has 0 amide bonds. The van der Waals surface area contributed by atoms with Gasteiger partial charge in [-0.1, -0.05) is 6.92 Å². The lowest BCUT2D eigenvalue weighted by Crippen LogP contribution is -2.32. The highest BCUT2D eigenvalue weighted by atomic mass is 32.2. The van der Waals surface area contributed by atoms with Gasteiger partial charge in [-0.05, 0) is 12.1 Å². The van der Waals surface area contributed by atoms with Gasteiger partial charge in [0.15, 0.2) is 11.5 Å². The minimum atomic E-state index is -3.52. The van der Waals surface area contributed by atoms with Gasteiger partial charge in [-0.3, -0.25) is 14.6 Å². The molecule has 8 nitrogen and oxygen atoms in total. The minimum absolute atomic E-state index is 0.0388. The first-order chi connectivity index (χ1) is 11.2.